The Morgan fingerprint density at radius 2 is 2.20 bits per heavy atom. The molecule has 0 heterocycles. The molecule has 0 aliphatic rings. The lowest BCUT2D eigenvalue weighted by Crippen LogP contribution is -1.76. The van der Waals surface area contributed by atoms with E-state index >= 15 is 0 Å². The predicted octanol–water partition coefficient (Wildman–Crippen LogP) is 2.50. The molecular weight excluding hydrogens is 149 g/mol. The van der Waals surface area contributed by atoms with E-state index in [1.165, 1.54) is 6.07 Å². The van der Waals surface area contributed by atoms with Crippen LogP contribution in [-0.4, -0.2) is 0 Å². The van der Waals surface area contributed by atoms with Crippen LogP contribution in [0.4, 0.5) is 10.1 Å². The SMILES string of the molecule is Cc1ccc(N=S)c(F)c1. The molecular formula is C7H6FNS. The van der Waals surface area contributed by atoms with Crippen LogP contribution < -0.4 is 0 Å². The molecule has 1 nitrogen and oxygen atoms in total. The van der Waals surface area contributed by atoms with Crippen LogP contribution >= 0.6 is 0 Å². The van der Waals surface area contributed by atoms with E-state index in [0.29, 0.717) is 0 Å². The van der Waals surface area contributed by atoms with Gasteiger partial charge in [-0.2, -0.15) is 4.36 Å². The lowest BCUT2D eigenvalue weighted by Gasteiger charge is -1.94. The van der Waals surface area contributed by atoms with Gasteiger partial charge in [0, 0.05) is 12.4 Å². The Kier molecular flexibility index (Phi) is 2.06. The highest BCUT2D eigenvalue weighted by atomic mass is 32.1. The van der Waals surface area contributed by atoms with Crippen molar-refractivity contribution in [1.82, 2.24) is 0 Å². The summed E-state index contributed by atoms with van der Waals surface area (Å²) in [4.78, 5) is 0. The topological polar surface area (TPSA) is 12.4 Å². The van der Waals surface area contributed by atoms with Crippen LogP contribution in [0.15, 0.2) is 22.6 Å². The van der Waals surface area contributed by atoms with Crippen LogP contribution in [0.2, 0.25) is 0 Å². The molecule has 0 N–H and O–H groups in total. The average Bonchev–Trinajstić information content (AvgIpc) is 1.88. The molecule has 10 heavy (non-hydrogen) atoms. The van der Waals surface area contributed by atoms with Crippen molar-refractivity contribution < 1.29 is 4.39 Å². The maximum Gasteiger partial charge on any atom is 0.150 e. The van der Waals surface area contributed by atoms with E-state index in [9.17, 15) is 4.39 Å². The van der Waals surface area contributed by atoms with E-state index in [0.717, 1.165) is 5.56 Å². The first-order valence-corrected chi connectivity index (χ1v) is 3.20. The fourth-order valence-electron chi connectivity index (χ4n) is 0.686. The summed E-state index contributed by atoms with van der Waals surface area (Å²) >= 11 is 4.33. The third kappa shape index (κ3) is 1.36. The number of aryl methyl sites for hydroxylation is 1. The normalized spacial score (nSPS) is 9.40. The first-order chi connectivity index (χ1) is 4.74. The maximum absolute atomic E-state index is 12.7. The number of benzene rings is 1. The minimum absolute atomic E-state index is 0.237. The second kappa shape index (κ2) is 2.84. The summed E-state index contributed by atoms with van der Waals surface area (Å²) in [6.45, 7) is 1.82. The van der Waals surface area contributed by atoms with Crippen LogP contribution in [-0.2, 0) is 12.4 Å². The molecule has 52 valence electrons. The summed E-state index contributed by atoms with van der Waals surface area (Å²) in [6.07, 6.45) is 0. The van der Waals surface area contributed by atoms with Crippen molar-refractivity contribution >= 4 is 18.1 Å². The van der Waals surface area contributed by atoms with Crippen LogP contribution in [0.25, 0.3) is 0 Å². The first kappa shape index (κ1) is 7.28. The Morgan fingerprint density at radius 3 is 2.70 bits per heavy atom. The van der Waals surface area contributed by atoms with E-state index in [2.05, 4.69) is 16.8 Å². The maximum atomic E-state index is 12.7. The second-order valence-corrected chi connectivity index (χ2v) is 2.23. The highest BCUT2D eigenvalue weighted by molar-refractivity contribution is 7.47. The average molecular weight is 155 g/mol. The highest BCUT2D eigenvalue weighted by Crippen LogP contribution is 2.17. The summed E-state index contributed by atoms with van der Waals surface area (Å²) < 4.78 is 16.0. The zero-order valence-corrected chi connectivity index (χ0v) is 6.28. The number of rotatable bonds is 1. The highest BCUT2D eigenvalue weighted by Gasteiger charge is 1.97. The lowest BCUT2D eigenvalue weighted by atomic mass is 10.2. The number of nitrogens with zero attached hydrogens (tertiary/aromatic N) is 1. The zero-order chi connectivity index (χ0) is 7.56. The van der Waals surface area contributed by atoms with Gasteiger partial charge in [-0.3, -0.25) is 0 Å². The molecule has 0 aromatic heterocycles. The smallest absolute Gasteiger partial charge is 0.150 e. The molecule has 3 heteroatoms. The quantitative estimate of drug-likeness (QED) is 0.607. The van der Waals surface area contributed by atoms with Gasteiger partial charge in [0.15, 0.2) is 0 Å². The summed E-state index contributed by atoms with van der Waals surface area (Å²) in [6, 6.07) is 4.75. The lowest BCUT2D eigenvalue weighted by molar-refractivity contribution is 0.629. The van der Waals surface area contributed by atoms with Gasteiger partial charge in [-0.1, -0.05) is 6.07 Å². The summed E-state index contributed by atoms with van der Waals surface area (Å²) in [5.74, 6) is -0.352. The van der Waals surface area contributed by atoms with Gasteiger partial charge in [0.1, 0.15) is 11.5 Å². The summed E-state index contributed by atoms with van der Waals surface area (Å²) in [7, 11) is 0. The molecule has 1 aromatic rings. The molecule has 0 aliphatic carbocycles. The van der Waals surface area contributed by atoms with Crippen molar-refractivity contribution in [2.24, 2.45) is 4.36 Å². The van der Waals surface area contributed by atoms with Crippen LogP contribution in [0.5, 0.6) is 0 Å². The second-order valence-electron chi connectivity index (χ2n) is 2.05. The van der Waals surface area contributed by atoms with Crippen molar-refractivity contribution in [2.45, 2.75) is 6.92 Å². The fourth-order valence-corrected chi connectivity index (χ4v) is 0.834. The van der Waals surface area contributed by atoms with E-state index in [4.69, 9.17) is 0 Å². The standard InChI is InChI=1S/C7H6FNS/c1-5-2-3-7(9-10)6(8)4-5/h2-4H,1H3. The summed E-state index contributed by atoms with van der Waals surface area (Å²) in [5, 5.41) is 0. The van der Waals surface area contributed by atoms with Crippen LogP contribution in [0, 0.1) is 12.7 Å². The van der Waals surface area contributed by atoms with Gasteiger partial charge in [-0.05, 0) is 24.6 Å². The largest absolute Gasteiger partial charge is 0.205 e. The van der Waals surface area contributed by atoms with Gasteiger partial charge in [-0.15, -0.1) is 0 Å². The Balaban J connectivity index is 3.19. The molecule has 0 amide bonds. The molecule has 0 bridgehead atoms. The summed E-state index contributed by atoms with van der Waals surface area (Å²) in [5.41, 5.74) is 1.11. The third-order valence-corrected chi connectivity index (χ3v) is 1.40. The van der Waals surface area contributed by atoms with Crippen LogP contribution in [0.1, 0.15) is 5.56 Å². The zero-order valence-electron chi connectivity index (χ0n) is 5.47. The molecule has 0 spiro atoms. The minimum atomic E-state index is -0.352. The van der Waals surface area contributed by atoms with E-state index in [1.54, 1.807) is 12.1 Å². The van der Waals surface area contributed by atoms with Gasteiger partial charge in [0.2, 0.25) is 0 Å². The van der Waals surface area contributed by atoms with Gasteiger partial charge in [0.25, 0.3) is 0 Å². The van der Waals surface area contributed by atoms with E-state index in [1.807, 2.05) is 6.92 Å². The van der Waals surface area contributed by atoms with Crippen molar-refractivity contribution in [2.75, 3.05) is 0 Å². The van der Waals surface area contributed by atoms with Gasteiger partial charge in [0.05, 0.1) is 0 Å². The van der Waals surface area contributed by atoms with Crippen molar-refractivity contribution in [3.63, 3.8) is 0 Å². The van der Waals surface area contributed by atoms with Crippen molar-refractivity contribution in [3.05, 3.63) is 29.6 Å². The van der Waals surface area contributed by atoms with Gasteiger partial charge >= 0.3 is 0 Å². The molecule has 0 atom stereocenters. The van der Waals surface area contributed by atoms with E-state index in [-0.39, 0.29) is 11.5 Å². The third-order valence-electron chi connectivity index (χ3n) is 1.20. The number of hydrogen-bond donors (Lipinski definition) is 0. The van der Waals surface area contributed by atoms with Crippen molar-refractivity contribution in [3.8, 4) is 0 Å². The van der Waals surface area contributed by atoms with Gasteiger partial charge in [-0.25, -0.2) is 4.39 Å². The Hall–Kier alpha value is -0.830. The molecule has 1 aromatic carbocycles. The van der Waals surface area contributed by atoms with Crippen molar-refractivity contribution in [1.29, 1.82) is 0 Å². The van der Waals surface area contributed by atoms with Gasteiger partial charge < -0.3 is 0 Å². The Bertz CT molecular complexity index is 260. The van der Waals surface area contributed by atoms with Crippen LogP contribution in [0.3, 0.4) is 0 Å². The molecule has 1 rings (SSSR count). The molecule has 0 aliphatic heterocycles. The molecule has 0 fully saturated rings. The monoisotopic (exact) mass is 155 g/mol. The molecule has 0 saturated heterocycles. The molecule has 0 saturated carbocycles. The Labute approximate surface area is 64.1 Å². The molecule has 0 radical (unpaired) electrons. The fraction of sp³-hybridized carbons (Fsp3) is 0.143. The minimum Gasteiger partial charge on any atom is -0.205 e. The first-order valence-electron chi connectivity index (χ1n) is 2.83. The van der Waals surface area contributed by atoms with E-state index < -0.39 is 0 Å². The number of halogens is 1. The Morgan fingerprint density at radius 1 is 1.50 bits per heavy atom. The number of hydrogen-bond acceptors (Lipinski definition) is 2. The molecule has 0 unspecified atom stereocenters. The predicted molar refractivity (Wildman–Crippen MR) is 40.6 cm³/mol.